The van der Waals surface area contributed by atoms with Gasteiger partial charge < -0.3 is 10.3 Å². The predicted molar refractivity (Wildman–Crippen MR) is 24.0 cm³/mol. The van der Waals surface area contributed by atoms with Gasteiger partial charge >= 0.3 is 8.25 Å². The van der Waals surface area contributed by atoms with Gasteiger partial charge in [0.15, 0.2) is 0 Å². The molecular weight excluding hydrogens is 117 g/mol. The molecule has 0 aromatic rings. The van der Waals surface area contributed by atoms with E-state index in [-0.39, 0.29) is 6.61 Å². The molecule has 1 rings (SSSR count). The quantitative estimate of drug-likeness (QED) is 0.449. The molecule has 0 saturated carbocycles. The van der Waals surface area contributed by atoms with E-state index in [4.69, 9.17) is 5.73 Å². The lowest BCUT2D eigenvalue weighted by Crippen LogP contribution is -2.20. The van der Waals surface area contributed by atoms with Gasteiger partial charge in [-0.05, 0) is 0 Å². The molecule has 2 unspecified atom stereocenters. The molecule has 0 amide bonds. The number of hydrogen-bond donors (Lipinski definition) is 1. The van der Waals surface area contributed by atoms with Gasteiger partial charge in [0.25, 0.3) is 0 Å². The molecule has 42 valence electrons. The molecule has 0 aliphatic carbocycles. The van der Waals surface area contributed by atoms with E-state index in [0.717, 1.165) is 0 Å². The molecule has 0 aromatic heterocycles. The molecule has 1 aliphatic heterocycles. The number of rotatable bonds is 0. The minimum absolute atomic E-state index is 0.262. The van der Waals surface area contributed by atoms with Crippen molar-refractivity contribution in [3.8, 4) is 0 Å². The summed E-state index contributed by atoms with van der Waals surface area (Å²) in [6, 6.07) is 0. The molecule has 2 N–H and O–H groups in total. The normalized spacial score (nSPS) is 41.9. The van der Waals surface area contributed by atoms with Crippen LogP contribution in [0.4, 0.5) is 0 Å². The predicted octanol–water partition coefficient (Wildman–Crippen LogP) is -0.292. The molecule has 0 aromatic carbocycles. The Morgan fingerprint density at radius 2 is 2.57 bits per heavy atom. The fourth-order valence-corrected chi connectivity index (χ4v) is 1.03. The Morgan fingerprint density at radius 1 is 1.86 bits per heavy atom. The highest BCUT2D eigenvalue weighted by atomic mass is 31.1. The fourth-order valence-electron chi connectivity index (χ4n) is 0.342. The molecule has 1 saturated heterocycles. The zero-order chi connectivity index (χ0) is 5.28. The first-order valence-electron chi connectivity index (χ1n) is 1.88. The molecule has 5 heteroatoms. The van der Waals surface area contributed by atoms with E-state index in [1.807, 2.05) is 0 Å². The second-order valence-electron chi connectivity index (χ2n) is 1.22. The molecule has 1 heterocycles. The summed E-state index contributed by atoms with van der Waals surface area (Å²) < 4.78 is 19.0. The largest absolute Gasteiger partial charge is 0.320 e. The maximum Gasteiger partial charge on any atom is 0.320 e. The first-order valence-corrected chi connectivity index (χ1v) is 3.10. The summed E-state index contributed by atoms with van der Waals surface area (Å²) in [7, 11) is -2.18. The first-order chi connectivity index (χ1) is 3.29. The van der Waals surface area contributed by atoms with E-state index in [0.29, 0.717) is 0 Å². The minimum atomic E-state index is -2.18. The van der Waals surface area contributed by atoms with Crippen LogP contribution >= 0.6 is 8.25 Å². The highest BCUT2D eigenvalue weighted by Gasteiger charge is 2.16. The van der Waals surface area contributed by atoms with Gasteiger partial charge in [0.1, 0.15) is 6.23 Å². The Bertz CT molecular complexity index is 94.9. The van der Waals surface area contributed by atoms with Crippen molar-refractivity contribution in [3.63, 3.8) is 0 Å². The SMILES string of the molecule is NC1CO[PH](=O)O1. The monoisotopic (exact) mass is 123 g/mol. The van der Waals surface area contributed by atoms with Gasteiger partial charge in [-0.2, -0.15) is 0 Å². The molecule has 0 radical (unpaired) electrons. The maximum absolute atomic E-state index is 10.1. The lowest BCUT2D eigenvalue weighted by Gasteiger charge is -1.90. The summed E-state index contributed by atoms with van der Waals surface area (Å²) in [6.07, 6.45) is -0.466. The van der Waals surface area contributed by atoms with Gasteiger partial charge in [-0.3, -0.25) is 9.09 Å². The minimum Gasteiger partial charge on any atom is -0.306 e. The third kappa shape index (κ3) is 1.24. The molecule has 1 aliphatic rings. The Balaban J connectivity index is 2.40. The third-order valence-electron chi connectivity index (χ3n) is 0.613. The van der Waals surface area contributed by atoms with Crippen molar-refractivity contribution in [2.75, 3.05) is 6.61 Å². The van der Waals surface area contributed by atoms with E-state index in [1.54, 1.807) is 0 Å². The van der Waals surface area contributed by atoms with Crippen LogP contribution in [0.15, 0.2) is 0 Å². The van der Waals surface area contributed by atoms with Crippen molar-refractivity contribution in [2.24, 2.45) is 5.73 Å². The Hall–Kier alpha value is 0.110. The second kappa shape index (κ2) is 1.92. The van der Waals surface area contributed by atoms with E-state index in [2.05, 4.69) is 9.05 Å². The van der Waals surface area contributed by atoms with Crippen LogP contribution in [0.5, 0.6) is 0 Å². The van der Waals surface area contributed by atoms with E-state index in [1.165, 1.54) is 0 Å². The van der Waals surface area contributed by atoms with Crippen LogP contribution < -0.4 is 5.73 Å². The van der Waals surface area contributed by atoms with Gasteiger partial charge in [0.2, 0.25) is 0 Å². The third-order valence-corrected chi connectivity index (χ3v) is 1.51. The van der Waals surface area contributed by atoms with Gasteiger partial charge in [-0.1, -0.05) is 0 Å². The standard InChI is InChI=1S/C2H6NO3P/c3-2-1-5-7(4)6-2/h2,7H,1,3H2. The van der Waals surface area contributed by atoms with Crippen molar-refractivity contribution in [3.05, 3.63) is 0 Å². The molecular formula is C2H6NO3P. The summed E-state index contributed by atoms with van der Waals surface area (Å²) in [5.41, 5.74) is 5.10. The molecule has 2 atom stereocenters. The van der Waals surface area contributed by atoms with Crippen LogP contribution in [0.25, 0.3) is 0 Å². The van der Waals surface area contributed by atoms with Crippen LogP contribution in [0.3, 0.4) is 0 Å². The molecule has 0 spiro atoms. The van der Waals surface area contributed by atoms with Gasteiger partial charge in [0.05, 0.1) is 6.61 Å². The maximum atomic E-state index is 10.1. The van der Waals surface area contributed by atoms with Crippen LogP contribution in [-0.2, 0) is 13.6 Å². The van der Waals surface area contributed by atoms with Crippen molar-refractivity contribution in [2.45, 2.75) is 6.23 Å². The average molecular weight is 123 g/mol. The smallest absolute Gasteiger partial charge is 0.306 e. The lowest BCUT2D eigenvalue weighted by molar-refractivity contribution is 0.246. The summed E-state index contributed by atoms with van der Waals surface area (Å²) in [5, 5.41) is 0. The highest BCUT2D eigenvalue weighted by molar-refractivity contribution is 7.33. The summed E-state index contributed by atoms with van der Waals surface area (Å²) in [4.78, 5) is 0. The van der Waals surface area contributed by atoms with Gasteiger partial charge in [-0.15, -0.1) is 0 Å². The van der Waals surface area contributed by atoms with E-state index >= 15 is 0 Å². The molecule has 1 fully saturated rings. The summed E-state index contributed by atoms with van der Waals surface area (Å²) in [6.45, 7) is 0.262. The summed E-state index contributed by atoms with van der Waals surface area (Å²) in [5.74, 6) is 0. The molecule has 7 heavy (non-hydrogen) atoms. The average Bonchev–Trinajstić information content (AvgIpc) is 1.87. The fraction of sp³-hybridized carbons (Fsp3) is 1.00. The van der Waals surface area contributed by atoms with Crippen LogP contribution in [0.1, 0.15) is 0 Å². The van der Waals surface area contributed by atoms with Gasteiger partial charge in [0, 0.05) is 0 Å². The summed E-state index contributed by atoms with van der Waals surface area (Å²) >= 11 is 0. The zero-order valence-corrected chi connectivity index (χ0v) is 4.59. The Labute approximate surface area is 41.5 Å². The van der Waals surface area contributed by atoms with Crippen molar-refractivity contribution in [1.29, 1.82) is 0 Å². The van der Waals surface area contributed by atoms with Crippen LogP contribution in [-0.4, -0.2) is 12.8 Å². The van der Waals surface area contributed by atoms with E-state index < -0.39 is 14.5 Å². The topological polar surface area (TPSA) is 61.5 Å². The second-order valence-corrected chi connectivity index (χ2v) is 2.24. The Kier molecular flexibility index (Phi) is 1.44. The Morgan fingerprint density at radius 3 is 2.71 bits per heavy atom. The molecule has 4 nitrogen and oxygen atoms in total. The lowest BCUT2D eigenvalue weighted by atomic mass is 10.7. The zero-order valence-electron chi connectivity index (χ0n) is 3.59. The van der Waals surface area contributed by atoms with Gasteiger partial charge in [-0.25, -0.2) is 0 Å². The van der Waals surface area contributed by atoms with Crippen LogP contribution in [0, 0.1) is 0 Å². The van der Waals surface area contributed by atoms with Crippen molar-refractivity contribution >= 4 is 8.25 Å². The van der Waals surface area contributed by atoms with Crippen molar-refractivity contribution < 1.29 is 13.6 Å². The van der Waals surface area contributed by atoms with Crippen LogP contribution in [0.2, 0.25) is 0 Å². The van der Waals surface area contributed by atoms with E-state index in [9.17, 15) is 4.57 Å². The van der Waals surface area contributed by atoms with Crippen molar-refractivity contribution in [1.82, 2.24) is 0 Å². The first kappa shape index (κ1) is 5.25. The molecule has 0 bridgehead atoms. The number of hydrogen-bond acceptors (Lipinski definition) is 4. The number of nitrogens with two attached hydrogens (primary N) is 1. The highest BCUT2D eigenvalue weighted by Crippen LogP contribution is 2.30.